The molecule has 2 heterocycles. The predicted molar refractivity (Wildman–Crippen MR) is 99.9 cm³/mol. The first-order chi connectivity index (χ1) is 13.2. The van der Waals surface area contributed by atoms with E-state index in [0.29, 0.717) is 12.1 Å². The molecule has 3 rings (SSSR count). The molecule has 1 unspecified atom stereocenters. The zero-order chi connectivity index (χ0) is 20.5. The highest BCUT2D eigenvalue weighted by atomic mass is 35.5. The van der Waals surface area contributed by atoms with Crippen molar-refractivity contribution in [3.63, 3.8) is 0 Å². The van der Waals surface area contributed by atoms with E-state index in [2.05, 4.69) is 10.6 Å². The maximum Gasteiger partial charge on any atom is 0.306 e. The van der Waals surface area contributed by atoms with Crippen molar-refractivity contribution < 1.29 is 29.0 Å². The fraction of sp³-hybridized carbons (Fsp3) is 0.500. The van der Waals surface area contributed by atoms with Gasteiger partial charge in [-0.05, 0) is 31.4 Å². The van der Waals surface area contributed by atoms with Crippen molar-refractivity contribution in [2.24, 2.45) is 0 Å². The van der Waals surface area contributed by atoms with Gasteiger partial charge in [-0.15, -0.1) is 0 Å². The lowest BCUT2D eigenvalue weighted by Gasteiger charge is -2.39. The van der Waals surface area contributed by atoms with Crippen LogP contribution < -0.4 is 15.5 Å². The SMILES string of the molecule is O=C(O)CC1(O)CCN(c2c(F)cc(NC3CCC(=O)NC3=O)cc2Cl)CC1. The number of carboxylic acids is 1. The average Bonchev–Trinajstić information content (AvgIpc) is 2.58. The summed E-state index contributed by atoms with van der Waals surface area (Å²) in [5.41, 5.74) is -0.813. The van der Waals surface area contributed by atoms with Crippen LogP contribution in [0.15, 0.2) is 12.1 Å². The second-order valence-electron chi connectivity index (χ2n) is 7.22. The minimum absolute atomic E-state index is 0.137. The molecule has 2 aliphatic heterocycles. The Kier molecular flexibility index (Phi) is 5.76. The number of anilines is 2. The van der Waals surface area contributed by atoms with E-state index < -0.39 is 29.3 Å². The summed E-state index contributed by atoms with van der Waals surface area (Å²) >= 11 is 6.27. The van der Waals surface area contributed by atoms with Crippen molar-refractivity contribution >= 4 is 40.8 Å². The zero-order valence-corrected chi connectivity index (χ0v) is 15.8. The number of aliphatic carboxylic acids is 1. The highest BCUT2D eigenvalue weighted by molar-refractivity contribution is 6.33. The van der Waals surface area contributed by atoms with Gasteiger partial charge in [-0.2, -0.15) is 0 Å². The Bertz CT molecular complexity index is 787. The number of halogens is 2. The van der Waals surface area contributed by atoms with Gasteiger partial charge < -0.3 is 20.4 Å². The molecule has 1 aromatic carbocycles. The molecule has 152 valence electrons. The second-order valence-corrected chi connectivity index (χ2v) is 7.63. The molecular formula is C18H21ClFN3O5. The predicted octanol–water partition coefficient (Wildman–Crippen LogP) is 1.50. The van der Waals surface area contributed by atoms with Gasteiger partial charge >= 0.3 is 5.97 Å². The fourth-order valence-corrected chi connectivity index (χ4v) is 3.92. The highest BCUT2D eigenvalue weighted by Gasteiger charge is 2.36. The Labute approximate surface area is 165 Å². The van der Waals surface area contributed by atoms with Gasteiger partial charge in [-0.25, -0.2) is 4.39 Å². The third-order valence-electron chi connectivity index (χ3n) is 5.09. The van der Waals surface area contributed by atoms with Gasteiger partial charge in [-0.3, -0.25) is 19.7 Å². The maximum absolute atomic E-state index is 14.7. The molecule has 1 atom stereocenters. The van der Waals surface area contributed by atoms with Crippen molar-refractivity contribution in [3.05, 3.63) is 23.0 Å². The summed E-state index contributed by atoms with van der Waals surface area (Å²) in [4.78, 5) is 35.6. The average molecular weight is 414 g/mol. The molecule has 2 saturated heterocycles. The Balaban J connectivity index is 1.70. The van der Waals surface area contributed by atoms with Crippen molar-refractivity contribution in [1.29, 1.82) is 0 Å². The van der Waals surface area contributed by atoms with Gasteiger partial charge in [0.2, 0.25) is 11.8 Å². The first-order valence-corrected chi connectivity index (χ1v) is 9.33. The van der Waals surface area contributed by atoms with Crippen molar-refractivity contribution in [2.75, 3.05) is 23.3 Å². The van der Waals surface area contributed by atoms with E-state index in [0.717, 1.165) is 0 Å². The number of imide groups is 1. The third-order valence-corrected chi connectivity index (χ3v) is 5.38. The summed E-state index contributed by atoms with van der Waals surface area (Å²) < 4.78 is 14.7. The molecule has 0 saturated carbocycles. The first kappa shape index (κ1) is 20.3. The van der Waals surface area contributed by atoms with Gasteiger partial charge in [0.25, 0.3) is 0 Å². The van der Waals surface area contributed by atoms with Gasteiger partial charge in [0.05, 0.1) is 22.7 Å². The maximum atomic E-state index is 14.7. The van der Waals surface area contributed by atoms with E-state index in [9.17, 15) is 23.9 Å². The monoisotopic (exact) mass is 413 g/mol. The van der Waals surface area contributed by atoms with E-state index in [1.54, 1.807) is 4.90 Å². The van der Waals surface area contributed by atoms with E-state index in [1.165, 1.54) is 12.1 Å². The van der Waals surface area contributed by atoms with E-state index >= 15 is 0 Å². The van der Waals surface area contributed by atoms with Crippen LogP contribution in [0, 0.1) is 5.82 Å². The number of rotatable bonds is 5. The van der Waals surface area contributed by atoms with Crippen molar-refractivity contribution in [3.8, 4) is 0 Å². The molecule has 1 aromatic rings. The molecule has 4 N–H and O–H groups in total. The van der Waals surface area contributed by atoms with Crippen LogP contribution in [0.4, 0.5) is 15.8 Å². The quantitative estimate of drug-likeness (QED) is 0.540. The fourth-order valence-electron chi connectivity index (χ4n) is 3.59. The van der Waals surface area contributed by atoms with Crippen LogP contribution in [-0.2, 0) is 14.4 Å². The number of benzene rings is 1. The summed E-state index contributed by atoms with van der Waals surface area (Å²) in [7, 11) is 0. The minimum atomic E-state index is -1.31. The lowest BCUT2D eigenvalue weighted by atomic mass is 9.88. The Morgan fingerprint density at radius 2 is 2.04 bits per heavy atom. The number of hydrogen-bond acceptors (Lipinski definition) is 6. The van der Waals surface area contributed by atoms with Gasteiger partial charge in [0, 0.05) is 25.2 Å². The molecule has 2 fully saturated rings. The summed E-state index contributed by atoms with van der Waals surface area (Å²) in [6.45, 7) is 0.528. The van der Waals surface area contributed by atoms with E-state index in [-0.39, 0.29) is 55.4 Å². The number of nitrogens with zero attached hydrogens (tertiary/aromatic N) is 1. The Morgan fingerprint density at radius 3 is 2.61 bits per heavy atom. The van der Waals surface area contributed by atoms with Crippen LogP contribution in [0.2, 0.25) is 5.02 Å². The molecule has 0 bridgehead atoms. The van der Waals surface area contributed by atoms with E-state index in [1.807, 2.05) is 0 Å². The molecule has 2 aliphatic rings. The van der Waals surface area contributed by atoms with Gasteiger partial charge in [0.1, 0.15) is 11.9 Å². The van der Waals surface area contributed by atoms with Crippen LogP contribution in [0.25, 0.3) is 0 Å². The summed E-state index contributed by atoms with van der Waals surface area (Å²) in [6, 6.07) is 2.07. The number of hydrogen-bond donors (Lipinski definition) is 4. The van der Waals surface area contributed by atoms with Gasteiger partial charge in [0.15, 0.2) is 0 Å². The van der Waals surface area contributed by atoms with Crippen LogP contribution in [-0.4, -0.2) is 52.7 Å². The minimum Gasteiger partial charge on any atom is -0.481 e. The molecule has 0 radical (unpaired) electrons. The molecule has 0 aliphatic carbocycles. The third kappa shape index (κ3) is 4.53. The van der Waals surface area contributed by atoms with Crippen LogP contribution in [0.3, 0.4) is 0 Å². The van der Waals surface area contributed by atoms with Crippen LogP contribution >= 0.6 is 11.6 Å². The number of carboxylic acid groups (broad SMARTS) is 1. The normalized spacial score (nSPS) is 22.0. The van der Waals surface area contributed by atoms with Crippen LogP contribution in [0.1, 0.15) is 32.1 Å². The largest absolute Gasteiger partial charge is 0.481 e. The summed E-state index contributed by atoms with van der Waals surface area (Å²) in [6.07, 6.45) is 0.521. The number of piperidine rings is 2. The van der Waals surface area contributed by atoms with Crippen LogP contribution in [0.5, 0.6) is 0 Å². The lowest BCUT2D eigenvalue weighted by molar-refractivity contribution is -0.143. The molecule has 28 heavy (non-hydrogen) atoms. The second kappa shape index (κ2) is 7.92. The Morgan fingerprint density at radius 1 is 1.36 bits per heavy atom. The Hall–Kier alpha value is -2.39. The molecule has 0 spiro atoms. The summed E-state index contributed by atoms with van der Waals surface area (Å²) in [5, 5.41) is 24.4. The first-order valence-electron chi connectivity index (χ1n) is 8.95. The number of aliphatic hydroxyl groups is 1. The number of carbonyl (C=O) groups excluding carboxylic acids is 2. The standard InChI is InChI=1S/C18H21ClFN3O5/c19-11-7-10(21-13-1-2-14(24)22-17(13)27)8-12(20)16(11)23-5-3-18(28,4-6-23)9-15(25)26/h7-8,13,21,28H,1-6,9H2,(H,25,26)(H,22,24,27). The molecule has 10 heteroatoms. The molecule has 2 amide bonds. The number of carbonyl (C=O) groups is 3. The van der Waals surface area contributed by atoms with Crippen molar-refractivity contribution in [1.82, 2.24) is 5.32 Å². The number of amides is 2. The smallest absolute Gasteiger partial charge is 0.306 e. The van der Waals surface area contributed by atoms with Gasteiger partial charge in [-0.1, -0.05) is 11.6 Å². The molecular weight excluding hydrogens is 393 g/mol. The van der Waals surface area contributed by atoms with E-state index in [4.69, 9.17) is 16.7 Å². The summed E-state index contributed by atoms with van der Waals surface area (Å²) in [5.74, 6) is -2.48. The topological polar surface area (TPSA) is 119 Å². The molecule has 8 nitrogen and oxygen atoms in total. The number of nitrogens with one attached hydrogen (secondary N) is 2. The molecule has 0 aromatic heterocycles. The van der Waals surface area contributed by atoms with Crippen molar-refractivity contribution in [2.45, 2.75) is 43.7 Å². The zero-order valence-electron chi connectivity index (χ0n) is 15.0. The lowest BCUT2D eigenvalue weighted by Crippen LogP contribution is -2.47. The highest BCUT2D eigenvalue weighted by Crippen LogP contribution is 2.36.